The van der Waals surface area contributed by atoms with Crippen molar-refractivity contribution in [3.05, 3.63) is 46.7 Å². The third kappa shape index (κ3) is 2.69. The minimum Gasteiger partial charge on any atom is -0.501 e. The molecule has 19 heavy (non-hydrogen) atoms. The molecule has 0 fully saturated rings. The van der Waals surface area contributed by atoms with Gasteiger partial charge < -0.3 is 10.1 Å². The van der Waals surface area contributed by atoms with Crippen LogP contribution in [-0.4, -0.2) is 13.2 Å². The molecule has 1 aliphatic carbocycles. The van der Waals surface area contributed by atoms with Crippen LogP contribution in [0.2, 0.25) is 0 Å². The number of fused-ring (bicyclic) bond motifs is 1. The van der Waals surface area contributed by atoms with E-state index in [1.807, 2.05) is 6.26 Å². The van der Waals surface area contributed by atoms with Gasteiger partial charge in [-0.25, -0.2) is 0 Å². The molecule has 0 aromatic heterocycles. The highest BCUT2D eigenvalue weighted by atomic mass is 16.5. The van der Waals surface area contributed by atoms with Crippen LogP contribution in [0.3, 0.4) is 0 Å². The van der Waals surface area contributed by atoms with Gasteiger partial charge in [0.2, 0.25) is 0 Å². The van der Waals surface area contributed by atoms with Crippen LogP contribution in [0.5, 0.6) is 0 Å². The van der Waals surface area contributed by atoms with E-state index in [1.165, 1.54) is 30.4 Å². The summed E-state index contributed by atoms with van der Waals surface area (Å²) in [6, 6.07) is 7.36. The minimum atomic E-state index is 0.330. The van der Waals surface area contributed by atoms with E-state index in [2.05, 4.69) is 30.4 Å². The van der Waals surface area contributed by atoms with E-state index >= 15 is 0 Å². The van der Waals surface area contributed by atoms with E-state index in [1.54, 1.807) is 11.1 Å². The van der Waals surface area contributed by atoms with Gasteiger partial charge in [-0.1, -0.05) is 25.1 Å². The first-order valence-corrected chi connectivity index (χ1v) is 7.54. The second-order valence-corrected chi connectivity index (χ2v) is 5.54. The Morgan fingerprint density at radius 2 is 2.05 bits per heavy atom. The quantitative estimate of drug-likeness (QED) is 0.891. The molecule has 0 saturated carbocycles. The molecule has 1 atom stereocenters. The number of hydrogen-bond donors (Lipinski definition) is 1. The van der Waals surface area contributed by atoms with Crippen molar-refractivity contribution < 1.29 is 4.74 Å². The van der Waals surface area contributed by atoms with Crippen LogP contribution in [-0.2, 0) is 17.6 Å². The molecule has 0 radical (unpaired) electrons. The van der Waals surface area contributed by atoms with Crippen LogP contribution in [0.15, 0.2) is 30.0 Å². The summed E-state index contributed by atoms with van der Waals surface area (Å²) in [6.45, 7) is 4.02. The van der Waals surface area contributed by atoms with E-state index in [-0.39, 0.29) is 0 Å². The Labute approximate surface area is 115 Å². The van der Waals surface area contributed by atoms with Crippen molar-refractivity contribution in [2.45, 2.75) is 45.1 Å². The lowest BCUT2D eigenvalue weighted by Crippen LogP contribution is -2.24. The topological polar surface area (TPSA) is 21.3 Å². The van der Waals surface area contributed by atoms with Gasteiger partial charge in [-0.2, -0.15) is 0 Å². The number of ether oxygens (including phenoxy) is 1. The number of aryl methyl sites for hydroxylation is 2. The second-order valence-electron chi connectivity index (χ2n) is 5.54. The predicted molar refractivity (Wildman–Crippen MR) is 78.2 cm³/mol. The largest absolute Gasteiger partial charge is 0.501 e. The molecular weight excluding hydrogens is 234 g/mol. The molecule has 0 spiro atoms. The Balaban J connectivity index is 1.89. The fraction of sp³-hybridized carbons (Fsp3) is 0.529. The molecule has 0 amide bonds. The van der Waals surface area contributed by atoms with Crippen LogP contribution < -0.4 is 5.32 Å². The third-order valence-corrected chi connectivity index (χ3v) is 4.20. The molecule has 2 aliphatic rings. The monoisotopic (exact) mass is 257 g/mol. The zero-order chi connectivity index (χ0) is 13.1. The molecule has 0 saturated heterocycles. The molecule has 1 aliphatic heterocycles. The van der Waals surface area contributed by atoms with E-state index in [9.17, 15) is 0 Å². The van der Waals surface area contributed by atoms with Gasteiger partial charge in [-0.15, -0.1) is 0 Å². The van der Waals surface area contributed by atoms with Crippen LogP contribution in [0.1, 0.15) is 48.9 Å². The Bertz CT molecular complexity index is 478. The van der Waals surface area contributed by atoms with Crippen molar-refractivity contribution in [1.29, 1.82) is 0 Å². The van der Waals surface area contributed by atoms with Gasteiger partial charge in [-0.3, -0.25) is 0 Å². The lowest BCUT2D eigenvalue weighted by atomic mass is 9.93. The van der Waals surface area contributed by atoms with Crippen molar-refractivity contribution in [2.75, 3.05) is 13.2 Å². The molecule has 3 rings (SSSR count). The van der Waals surface area contributed by atoms with Crippen molar-refractivity contribution in [2.24, 2.45) is 0 Å². The number of hydrogen-bond acceptors (Lipinski definition) is 2. The number of likely N-dealkylation sites (N-methyl/N-ethyl adjacent to an activating group) is 1. The maximum Gasteiger partial charge on any atom is 0.0876 e. The Morgan fingerprint density at radius 3 is 2.84 bits per heavy atom. The number of rotatable bonds is 4. The summed E-state index contributed by atoms with van der Waals surface area (Å²) >= 11 is 0. The second kappa shape index (κ2) is 5.79. The maximum atomic E-state index is 5.52. The molecule has 1 heterocycles. The molecule has 1 aromatic carbocycles. The minimum absolute atomic E-state index is 0.330. The fourth-order valence-electron chi connectivity index (χ4n) is 3.24. The lowest BCUT2D eigenvalue weighted by Gasteiger charge is -2.25. The van der Waals surface area contributed by atoms with Crippen molar-refractivity contribution >= 4 is 0 Å². The van der Waals surface area contributed by atoms with E-state index < -0.39 is 0 Å². The summed E-state index contributed by atoms with van der Waals surface area (Å²) in [5, 5.41) is 3.61. The van der Waals surface area contributed by atoms with Gasteiger partial charge >= 0.3 is 0 Å². The van der Waals surface area contributed by atoms with Gasteiger partial charge in [0.05, 0.1) is 18.9 Å². The van der Waals surface area contributed by atoms with Crippen LogP contribution in [0.25, 0.3) is 0 Å². The lowest BCUT2D eigenvalue weighted by molar-refractivity contribution is 0.219. The number of nitrogens with one attached hydrogen (secondary N) is 1. The molecule has 2 nitrogen and oxygen atoms in total. The Hall–Kier alpha value is -1.28. The molecule has 102 valence electrons. The highest BCUT2D eigenvalue weighted by Gasteiger charge is 2.20. The van der Waals surface area contributed by atoms with Gasteiger partial charge in [0.1, 0.15) is 0 Å². The third-order valence-electron chi connectivity index (χ3n) is 4.20. The van der Waals surface area contributed by atoms with Crippen LogP contribution in [0.4, 0.5) is 0 Å². The summed E-state index contributed by atoms with van der Waals surface area (Å²) in [7, 11) is 0. The molecule has 1 N–H and O–H groups in total. The Morgan fingerprint density at radius 1 is 1.16 bits per heavy atom. The van der Waals surface area contributed by atoms with Crippen molar-refractivity contribution in [3.63, 3.8) is 0 Å². The molecule has 1 unspecified atom stereocenters. The SMILES string of the molecule is CCNC(C1=COCCC1)c1ccc2c(c1)CCC2. The van der Waals surface area contributed by atoms with Crippen molar-refractivity contribution in [3.8, 4) is 0 Å². The molecule has 1 aromatic rings. The Kier molecular flexibility index (Phi) is 3.88. The van der Waals surface area contributed by atoms with E-state index in [4.69, 9.17) is 4.74 Å². The maximum absolute atomic E-state index is 5.52. The van der Waals surface area contributed by atoms with Gasteiger partial charge in [0.15, 0.2) is 0 Å². The molecule has 0 bridgehead atoms. The van der Waals surface area contributed by atoms with E-state index in [0.29, 0.717) is 6.04 Å². The van der Waals surface area contributed by atoms with Gasteiger partial charge in [0, 0.05) is 0 Å². The summed E-state index contributed by atoms with van der Waals surface area (Å²) in [6.07, 6.45) is 8.08. The molecule has 2 heteroatoms. The highest BCUT2D eigenvalue weighted by Crippen LogP contribution is 2.31. The first kappa shape index (κ1) is 12.7. The summed E-state index contributed by atoms with van der Waals surface area (Å²) in [4.78, 5) is 0. The molecular formula is C17H23NO. The first-order valence-electron chi connectivity index (χ1n) is 7.54. The van der Waals surface area contributed by atoms with Gasteiger partial charge in [-0.05, 0) is 60.9 Å². The van der Waals surface area contributed by atoms with Gasteiger partial charge in [0.25, 0.3) is 0 Å². The summed E-state index contributed by atoms with van der Waals surface area (Å²) in [5.74, 6) is 0. The summed E-state index contributed by atoms with van der Waals surface area (Å²) in [5.41, 5.74) is 5.90. The smallest absolute Gasteiger partial charge is 0.0876 e. The standard InChI is InChI=1S/C17H23NO/c1-2-18-17(16-7-4-10-19-12-16)15-9-8-13-5-3-6-14(13)11-15/h8-9,11-12,17-18H,2-7,10H2,1H3. The normalized spacial score (nSPS) is 19.5. The van der Waals surface area contributed by atoms with Crippen LogP contribution in [0, 0.1) is 0 Å². The first-order chi connectivity index (χ1) is 9.38. The van der Waals surface area contributed by atoms with Crippen molar-refractivity contribution in [1.82, 2.24) is 5.32 Å². The zero-order valence-corrected chi connectivity index (χ0v) is 11.7. The highest BCUT2D eigenvalue weighted by molar-refractivity contribution is 5.39. The fourth-order valence-corrected chi connectivity index (χ4v) is 3.24. The predicted octanol–water partition coefficient (Wildman–Crippen LogP) is 3.52. The van der Waals surface area contributed by atoms with Crippen LogP contribution >= 0.6 is 0 Å². The average Bonchev–Trinajstić information content (AvgIpc) is 2.93. The number of benzene rings is 1. The summed E-state index contributed by atoms with van der Waals surface area (Å²) < 4.78 is 5.52. The van der Waals surface area contributed by atoms with E-state index in [0.717, 1.165) is 26.0 Å². The average molecular weight is 257 g/mol. The zero-order valence-electron chi connectivity index (χ0n) is 11.7.